The van der Waals surface area contributed by atoms with Gasteiger partial charge in [-0.25, -0.2) is 19.9 Å². The number of nitrogens with zero attached hydrogens (tertiary/aromatic N) is 7. The predicted octanol–water partition coefficient (Wildman–Crippen LogP) is 4.72. The van der Waals surface area contributed by atoms with E-state index in [4.69, 9.17) is 35.7 Å². The minimum Gasteiger partial charge on any atom is -0.384 e. The first-order valence-electron chi connectivity index (χ1n) is 13.6. The van der Waals surface area contributed by atoms with Crippen molar-refractivity contribution in [2.45, 2.75) is 71.1 Å². The highest BCUT2D eigenvalue weighted by molar-refractivity contribution is 6.30. The van der Waals surface area contributed by atoms with Gasteiger partial charge in [0.1, 0.15) is 11.2 Å². The molecule has 1 N–H and O–H groups in total. The third kappa shape index (κ3) is 5.17. The van der Waals surface area contributed by atoms with Crippen molar-refractivity contribution in [1.29, 1.82) is 0 Å². The van der Waals surface area contributed by atoms with Crippen LogP contribution in [0.2, 0.25) is 5.02 Å². The molecule has 1 saturated carbocycles. The number of H-pyrrole nitrogens is 1. The van der Waals surface area contributed by atoms with Gasteiger partial charge in [-0.3, -0.25) is 4.98 Å². The number of nitrogens with one attached hydrogen (secondary N) is 1. The zero-order chi connectivity index (χ0) is 27.1. The third-order valence-corrected chi connectivity index (χ3v) is 8.39. The number of anilines is 1. The van der Waals surface area contributed by atoms with Crippen molar-refractivity contribution >= 4 is 28.7 Å². The van der Waals surface area contributed by atoms with Gasteiger partial charge in [0.25, 0.3) is 5.89 Å². The standard InChI is InChI=1S/C27H33ClN8O3/c1-15-4-6-17(7-5-15)14-36-22-21(18-11-19(28)13-29-12-18)30-24(25-33-34-27(37)39-25)31-23(22)32-26(36)35-9-8-20(38-3)10-16(35)2/h11-13,15-17,20H,4-10,14H2,1-3H3,(H,34,37). The van der Waals surface area contributed by atoms with Gasteiger partial charge in [-0.2, -0.15) is 4.98 Å². The van der Waals surface area contributed by atoms with E-state index in [-0.39, 0.29) is 23.9 Å². The van der Waals surface area contributed by atoms with Gasteiger partial charge in [0.05, 0.1) is 11.1 Å². The second-order valence-electron chi connectivity index (χ2n) is 11.0. The number of pyridine rings is 1. The van der Waals surface area contributed by atoms with Crippen molar-refractivity contribution in [1.82, 2.24) is 34.7 Å². The number of aromatic amines is 1. The second kappa shape index (κ2) is 10.7. The number of piperidine rings is 1. The van der Waals surface area contributed by atoms with Gasteiger partial charge in [-0.05, 0) is 50.5 Å². The monoisotopic (exact) mass is 552 g/mol. The molecule has 5 heterocycles. The zero-order valence-electron chi connectivity index (χ0n) is 22.4. The highest BCUT2D eigenvalue weighted by Crippen LogP contribution is 2.37. The van der Waals surface area contributed by atoms with Crippen LogP contribution in [-0.2, 0) is 11.3 Å². The molecule has 6 rings (SSSR count). The number of hydrogen-bond donors (Lipinski definition) is 1. The number of ether oxygens (including phenoxy) is 1. The fourth-order valence-electron chi connectivity index (χ4n) is 5.99. The molecule has 11 nitrogen and oxygen atoms in total. The summed E-state index contributed by atoms with van der Waals surface area (Å²) in [7, 11) is 1.78. The molecule has 12 heteroatoms. The highest BCUT2D eigenvalue weighted by atomic mass is 35.5. The molecule has 0 amide bonds. The van der Waals surface area contributed by atoms with Crippen LogP contribution in [0.3, 0.4) is 0 Å². The van der Waals surface area contributed by atoms with Crippen molar-refractivity contribution in [3.63, 3.8) is 0 Å². The topological polar surface area (TPSA) is 128 Å². The van der Waals surface area contributed by atoms with Gasteiger partial charge < -0.3 is 18.6 Å². The van der Waals surface area contributed by atoms with Crippen LogP contribution in [0.5, 0.6) is 0 Å². The Kier molecular flexibility index (Phi) is 7.11. The van der Waals surface area contributed by atoms with Crippen LogP contribution in [0.1, 0.15) is 52.4 Å². The second-order valence-corrected chi connectivity index (χ2v) is 11.4. The quantitative estimate of drug-likeness (QED) is 0.361. The van der Waals surface area contributed by atoms with E-state index in [0.29, 0.717) is 22.3 Å². The zero-order valence-corrected chi connectivity index (χ0v) is 23.2. The molecule has 1 aliphatic carbocycles. The summed E-state index contributed by atoms with van der Waals surface area (Å²) in [6.45, 7) is 6.20. The minimum atomic E-state index is -0.674. The Morgan fingerprint density at radius 2 is 1.95 bits per heavy atom. The van der Waals surface area contributed by atoms with Crippen LogP contribution in [0, 0.1) is 11.8 Å². The summed E-state index contributed by atoms with van der Waals surface area (Å²) in [4.78, 5) is 33.1. The lowest BCUT2D eigenvalue weighted by atomic mass is 9.83. The van der Waals surface area contributed by atoms with E-state index >= 15 is 0 Å². The van der Waals surface area contributed by atoms with Crippen LogP contribution in [0.15, 0.2) is 27.7 Å². The largest absolute Gasteiger partial charge is 0.434 e. The van der Waals surface area contributed by atoms with Gasteiger partial charge in [0.2, 0.25) is 11.8 Å². The maximum atomic E-state index is 11.7. The maximum absolute atomic E-state index is 11.7. The van der Waals surface area contributed by atoms with E-state index in [2.05, 4.69) is 38.5 Å². The van der Waals surface area contributed by atoms with Crippen LogP contribution < -0.4 is 10.7 Å². The first-order valence-corrected chi connectivity index (χ1v) is 14.0. The SMILES string of the molecule is COC1CCN(c2nc3nc(-c4n[nH]c(=O)o4)nc(-c4cncc(Cl)c4)c3n2CC2CCC(C)CC2)C(C)C1. The fourth-order valence-corrected chi connectivity index (χ4v) is 6.16. The smallest absolute Gasteiger partial charge is 0.384 e. The summed E-state index contributed by atoms with van der Waals surface area (Å²) in [5.74, 6) is 1.66. The Balaban J connectivity index is 1.55. The van der Waals surface area contributed by atoms with E-state index < -0.39 is 5.76 Å². The first-order chi connectivity index (χ1) is 18.9. The number of hydrogen-bond acceptors (Lipinski definition) is 9. The molecule has 1 aliphatic heterocycles. The first kappa shape index (κ1) is 25.9. The lowest BCUT2D eigenvalue weighted by molar-refractivity contribution is 0.0716. The Labute approximate surface area is 231 Å². The number of fused-ring (bicyclic) bond motifs is 1. The summed E-state index contributed by atoms with van der Waals surface area (Å²) in [5.41, 5.74) is 2.68. The van der Waals surface area contributed by atoms with E-state index in [9.17, 15) is 4.79 Å². The summed E-state index contributed by atoms with van der Waals surface area (Å²) in [6.07, 6.45) is 10.2. The average molecular weight is 553 g/mol. The fraction of sp³-hybridized carbons (Fsp3) is 0.556. The molecule has 206 valence electrons. The molecular weight excluding hydrogens is 520 g/mol. The Bertz CT molecular complexity index is 1520. The number of aromatic nitrogens is 7. The van der Waals surface area contributed by atoms with Gasteiger partial charge in [0.15, 0.2) is 5.65 Å². The Hall–Kier alpha value is -3.31. The Morgan fingerprint density at radius 3 is 2.64 bits per heavy atom. The number of halogens is 1. The molecule has 4 aromatic heterocycles. The van der Waals surface area contributed by atoms with Crippen LogP contribution in [-0.4, -0.2) is 60.5 Å². The lowest BCUT2D eigenvalue weighted by Gasteiger charge is -2.38. The molecule has 4 aromatic rings. The molecule has 0 radical (unpaired) electrons. The van der Waals surface area contributed by atoms with Crippen LogP contribution >= 0.6 is 11.6 Å². The predicted molar refractivity (Wildman–Crippen MR) is 148 cm³/mol. The molecule has 2 atom stereocenters. The Morgan fingerprint density at radius 1 is 1.13 bits per heavy atom. The molecule has 2 unspecified atom stereocenters. The highest BCUT2D eigenvalue weighted by Gasteiger charge is 2.32. The van der Waals surface area contributed by atoms with Crippen LogP contribution in [0.25, 0.3) is 34.1 Å². The van der Waals surface area contributed by atoms with E-state index in [1.165, 1.54) is 25.7 Å². The van der Waals surface area contributed by atoms with Crippen LogP contribution in [0.4, 0.5) is 5.95 Å². The van der Waals surface area contributed by atoms with Gasteiger partial charge in [-0.15, -0.1) is 5.10 Å². The van der Waals surface area contributed by atoms with E-state index in [1.807, 2.05) is 6.07 Å². The normalized spacial score (nSPS) is 23.9. The van der Waals surface area contributed by atoms with E-state index in [1.54, 1.807) is 19.5 Å². The molecule has 39 heavy (non-hydrogen) atoms. The molecule has 0 spiro atoms. The summed E-state index contributed by atoms with van der Waals surface area (Å²) >= 11 is 6.36. The molecule has 2 aliphatic rings. The summed E-state index contributed by atoms with van der Waals surface area (Å²) in [5, 5.41) is 6.75. The van der Waals surface area contributed by atoms with Crippen molar-refractivity contribution in [3.05, 3.63) is 34.0 Å². The summed E-state index contributed by atoms with van der Waals surface area (Å²) in [6, 6.07) is 2.06. The lowest BCUT2D eigenvalue weighted by Crippen LogP contribution is -2.44. The van der Waals surface area contributed by atoms with Gasteiger partial charge in [0, 0.05) is 44.2 Å². The molecular formula is C27H33ClN8O3. The van der Waals surface area contributed by atoms with Crippen molar-refractivity contribution < 1.29 is 9.15 Å². The van der Waals surface area contributed by atoms with Crippen molar-refractivity contribution in [2.75, 3.05) is 18.6 Å². The molecule has 0 bridgehead atoms. The van der Waals surface area contributed by atoms with Gasteiger partial charge in [-0.1, -0.05) is 31.4 Å². The van der Waals surface area contributed by atoms with Crippen molar-refractivity contribution in [2.24, 2.45) is 11.8 Å². The van der Waals surface area contributed by atoms with Crippen molar-refractivity contribution in [3.8, 4) is 23.0 Å². The number of imidazole rings is 1. The molecule has 1 saturated heterocycles. The molecule has 2 fully saturated rings. The minimum absolute atomic E-state index is 0.00443. The summed E-state index contributed by atoms with van der Waals surface area (Å²) < 4.78 is 13.2. The number of methoxy groups -OCH3 is 1. The van der Waals surface area contributed by atoms with Gasteiger partial charge >= 0.3 is 5.76 Å². The third-order valence-electron chi connectivity index (χ3n) is 8.19. The molecule has 0 aromatic carbocycles. The van der Waals surface area contributed by atoms with E-state index in [0.717, 1.165) is 48.9 Å². The number of rotatable bonds is 6. The maximum Gasteiger partial charge on any atom is 0.434 e. The average Bonchev–Trinajstić information content (AvgIpc) is 3.53.